The van der Waals surface area contributed by atoms with E-state index in [1.165, 1.54) is 26.9 Å². The zero-order valence-corrected chi connectivity index (χ0v) is 20.9. The van der Waals surface area contributed by atoms with Gasteiger partial charge < -0.3 is 10.2 Å². The number of anilines is 1. The van der Waals surface area contributed by atoms with Gasteiger partial charge in [0, 0.05) is 57.4 Å². The van der Waals surface area contributed by atoms with Gasteiger partial charge in [-0.25, -0.2) is 8.42 Å². The van der Waals surface area contributed by atoms with Crippen LogP contribution in [0.5, 0.6) is 0 Å². The summed E-state index contributed by atoms with van der Waals surface area (Å²) < 4.78 is 27.2. The second-order valence-electron chi connectivity index (χ2n) is 8.92. The number of piperidine rings is 1. The van der Waals surface area contributed by atoms with Crippen LogP contribution in [-0.2, 0) is 14.8 Å². The number of carbonyl (C=O) groups is 1. The summed E-state index contributed by atoms with van der Waals surface area (Å²) in [4.78, 5) is 17.5. The standard InChI is InChI=1S/C24H34N4O3S2/c1-20-5-2-6-22(19-20)27-16-14-26(15-17-27)11-4-10-25-24(29)21-8-12-28(13-9-21)33(30,31)23-7-3-18-32-23/h2-3,5-7,18-19,21H,4,8-17H2,1H3,(H,25,29). The first-order chi connectivity index (χ1) is 15.9. The number of amides is 1. The van der Waals surface area contributed by atoms with E-state index >= 15 is 0 Å². The van der Waals surface area contributed by atoms with Gasteiger partial charge in [-0.15, -0.1) is 11.3 Å². The van der Waals surface area contributed by atoms with Crippen LogP contribution in [0.1, 0.15) is 24.8 Å². The normalized spacial score (nSPS) is 19.0. The van der Waals surface area contributed by atoms with Crippen LogP contribution in [0.2, 0.25) is 0 Å². The largest absolute Gasteiger partial charge is 0.369 e. The smallest absolute Gasteiger partial charge is 0.252 e. The van der Waals surface area contributed by atoms with E-state index in [-0.39, 0.29) is 11.8 Å². The molecule has 4 rings (SSSR count). The summed E-state index contributed by atoms with van der Waals surface area (Å²) in [5.41, 5.74) is 2.59. The van der Waals surface area contributed by atoms with Crippen LogP contribution >= 0.6 is 11.3 Å². The van der Waals surface area contributed by atoms with Crippen molar-refractivity contribution in [3.8, 4) is 0 Å². The fourth-order valence-corrected chi connectivity index (χ4v) is 7.22. The summed E-state index contributed by atoms with van der Waals surface area (Å²) >= 11 is 1.24. The maximum Gasteiger partial charge on any atom is 0.252 e. The minimum Gasteiger partial charge on any atom is -0.369 e. The predicted octanol–water partition coefficient (Wildman–Crippen LogP) is 2.79. The fraction of sp³-hybridized carbons (Fsp3) is 0.542. The molecule has 0 atom stereocenters. The quantitative estimate of drug-likeness (QED) is 0.576. The molecule has 33 heavy (non-hydrogen) atoms. The van der Waals surface area contributed by atoms with Crippen molar-refractivity contribution < 1.29 is 13.2 Å². The average molecular weight is 491 g/mol. The minimum absolute atomic E-state index is 0.0624. The average Bonchev–Trinajstić information content (AvgIpc) is 3.38. The topological polar surface area (TPSA) is 73.0 Å². The minimum atomic E-state index is -3.41. The Morgan fingerprint density at radius 3 is 2.48 bits per heavy atom. The Morgan fingerprint density at radius 1 is 1.06 bits per heavy atom. The molecule has 180 valence electrons. The first-order valence-electron chi connectivity index (χ1n) is 11.8. The van der Waals surface area contributed by atoms with Crippen LogP contribution in [0.4, 0.5) is 5.69 Å². The lowest BCUT2D eigenvalue weighted by atomic mass is 9.97. The Hall–Kier alpha value is -1.94. The Bertz CT molecular complexity index is 1010. The Balaban J connectivity index is 1.12. The SMILES string of the molecule is Cc1cccc(N2CCN(CCCNC(=O)C3CCN(S(=O)(=O)c4cccs4)CC3)CC2)c1. The van der Waals surface area contributed by atoms with E-state index in [4.69, 9.17) is 0 Å². The second-order valence-corrected chi connectivity index (χ2v) is 12.0. The zero-order valence-electron chi connectivity index (χ0n) is 19.3. The summed E-state index contributed by atoms with van der Waals surface area (Å²) in [6.07, 6.45) is 2.09. The number of hydrogen-bond donors (Lipinski definition) is 1. The van der Waals surface area contributed by atoms with Gasteiger partial charge in [-0.3, -0.25) is 9.69 Å². The van der Waals surface area contributed by atoms with Crippen molar-refractivity contribution in [3.05, 3.63) is 47.3 Å². The molecule has 9 heteroatoms. The van der Waals surface area contributed by atoms with Crippen molar-refractivity contribution in [2.75, 3.05) is 57.3 Å². The molecule has 2 aliphatic rings. The van der Waals surface area contributed by atoms with Crippen LogP contribution in [0, 0.1) is 12.8 Å². The molecule has 0 saturated carbocycles. The Morgan fingerprint density at radius 2 is 1.82 bits per heavy atom. The molecule has 1 aromatic carbocycles. The molecule has 0 spiro atoms. The summed E-state index contributed by atoms with van der Waals surface area (Å²) in [5, 5.41) is 4.85. The number of nitrogens with zero attached hydrogens (tertiary/aromatic N) is 3. The van der Waals surface area contributed by atoms with Crippen molar-refractivity contribution in [1.82, 2.24) is 14.5 Å². The van der Waals surface area contributed by atoms with Gasteiger partial charge in [0.1, 0.15) is 4.21 Å². The van der Waals surface area contributed by atoms with Crippen LogP contribution in [0.15, 0.2) is 46.0 Å². The number of nitrogens with one attached hydrogen (secondary N) is 1. The molecular weight excluding hydrogens is 456 g/mol. The molecule has 2 saturated heterocycles. The number of benzene rings is 1. The highest BCUT2D eigenvalue weighted by molar-refractivity contribution is 7.91. The van der Waals surface area contributed by atoms with Gasteiger partial charge in [-0.05, 0) is 61.9 Å². The van der Waals surface area contributed by atoms with Gasteiger partial charge in [0.15, 0.2) is 0 Å². The molecule has 1 N–H and O–H groups in total. The molecule has 0 aliphatic carbocycles. The van der Waals surface area contributed by atoms with Crippen molar-refractivity contribution in [2.24, 2.45) is 5.92 Å². The number of piperazine rings is 1. The second kappa shape index (κ2) is 11.0. The number of aryl methyl sites for hydroxylation is 1. The number of carbonyl (C=O) groups excluding carboxylic acids is 1. The molecule has 7 nitrogen and oxygen atoms in total. The zero-order chi connectivity index (χ0) is 23.3. The van der Waals surface area contributed by atoms with Gasteiger partial charge in [0.05, 0.1) is 0 Å². The van der Waals surface area contributed by atoms with Gasteiger partial charge in [0.25, 0.3) is 10.0 Å². The van der Waals surface area contributed by atoms with E-state index in [1.54, 1.807) is 17.5 Å². The summed E-state index contributed by atoms with van der Waals surface area (Å²) in [5.74, 6) is -0.0369. The maximum absolute atomic E-state index is 12.6. The number of rotatable bonds is 8. The number of hydrogen-bond acceptors (Lipinski definition) is 6. The Kier molecular flexibility index (Phi) is 8.06. The van der Waals surface area contributed by atoms with Gasteiger partial charge in [-0.1, -0.05) is 18.2 Å². The molecular formula is C24H34N4O3S2. The van der Waals surface area contributed by atoms with Crippen molar-refractivity contribution in [1.29, 1.82) is 0 Å². The van der Waals surface area contributed by atoms with E-state index in [1.807, 2.05) is 0 Å². The molecule has 1 aromatic heterocycles. The maximum atomic E-state index is 12.6. The van der Waals surface area contributed by atoms with Crippen molar-refractivity contribution >= 4 is 33.0 Å². The molecule has 2 fully saturated rings. The van der Waals surface area contributed by atoms with Crippen molar-refractivity contribution in [3.63, 3.8) is 0 Å². The highest BCUT2D eigenvalue weighted by atomic mass is 32.2. The van der Waals surface area contributed by atoms with Gasteiger partial charge in [-0.2, -0.15) is 4.31 Å². The monoisotopic (exact) mass is 490 g/mol. The molecule has 3 heterocycles. The lowest BCUT2D eigenvalue weighted by Crippen LogP contribution is -2.47. The summed E-state index contributed by atoms with van der Waals surface area (Å²) in [7, 11) is -3.41. The van der Waals surface area contributed by atoms with Crippen molar-refractivity contribution in [2.45, 2.75) is 30.4 Å². The molecule has 0 unspecified atom stereocenters. The molecule has 2 aromatic rings. The van der Waals surface area contributed by atoms with E-state index in [0.717, 1.165) is 39.1 Å². The first-order valence-corrected chi connectivity index (χ1v) is 14.1. The third-order valence-electron chi connectivity index (χ3n) is 6.60. The van der Waals surface area contributed by atoms with Crippen LogP contribution in [-0.4, -0.2) is 75.9 Å². The third-order valence-corrected chi connectivity index (χ3v) is 9.88. The highest BCUT2D eigenvalue weighted by Crippen LogP contribution is 2.26. The van der Waals surface area contributed by atoms with E-state index in [0.29, 0.717) is 36.7 Å². The first kappa shape index (κ1) is 24.2. The predicted molar refractivity (Wildman–Crippen MR) is 133 cm³/mol. The summed E-state index contributed by atoms with van der Waals surface area (Å²) in [6.45, 7) is 8.74. The summed E-state index contributed by atoms with van der Waals surface area (Å²) in [6, 6.07) is 12.1. The lowest BCUT2D eigenvalue weighted by molar-refractivity contribution is -0.126. The molecule has 0 radical (unpaired) electrons. The van der Waals surface area contributed by atoms with Crippen LogP contribution in [0.25, 0.3) is 0 Å². The van der Waals surface area contributed by atoms with E-state index < -0.39 is 10.0 Å². The molecule has 1 amide bonds. The number of sulfonamides is 1. The Labute approximate surface area is 201 Å². The van der Waals surface area contributed by atoms with E-state index in [9.17, 15) is 13.2 Å². The van der Waals surface area contributed by atoms with Crippen LogP contribution < -0.4 is 10.2 Å². The number of thiophene rings is 1. The van der Waals surface area contributed by atoms with E-state index in [2.05, 4.69) is 46.3 Å². The fourth-order valence-electron chi connectivity index (χ4n) is 4.61. The lowest BCUT2D eigenvalue weighted by Gasteiger charge is -2.36. The molecule has 0 bridgehead atoms. The highest BCUT2D eigenvalue weighted by Gasteiger charge is 2.32. The molecule has 2 aliphatic heterocycles. The van der Waals surface area contributed by atoms with Gasteiger partial charge >= 0.3 is 0 Å². The van der Waals surface area contributed by atoms with Crippen LogP contribution in [0.3, 0.4) is 0 Å². The van der Waals surface area contributed by atoms with Gasteiger partial charge in [0.2, 0.25) is 5.91 Å². The third kappa shape index (κ3) is 6.15.